The van der Waals surface area contributed by atoms with E-state index in [1.54, 1.807) is 6.92 Å². The Balaban J connectivity index is 1.72. The van der Waals surface area contributed by atoms with E-state index in [1.807, 2.05) is 30.3 Å². The van der Waals surface area contributed by atoms with E-state index in [-0.39, 0.29) is 18.2 Å². The summed E-state index contributed by atoms with van der Waals surface area (Å²) in [4.78, 5) is 24.4. The first-order chi connectivity index (χ1) is 11.9. The largest absolute Gasteiger partial charge is 0.326 e. The van der Waals surface area contributed by atoms with Crippen LogP contribution in [0.3, 0.4) is 0 Å². The van der Waals surface area contributed by atoms with Crippen LogP contribution in [0.25, 0.3) is 0 Å². The molecule has 0 saturated heterocycles. The third-order valence-electron chi connectivity index (χ3n) is 4.28. The Morgan fingerprint density at radius 2 is 2.08 bits per heavy atom. The summed E-state index contributed by atoms with van der Waals surface area (Å²) >= 11 is 0. The first kappa shape index (κ1) is 16.7. The van der Waals surface area contributed by atoms with Crippen LogP contribution in [0.4, 0.5) is 11.5 Å². The quantitative estimate of drug-likeness (QED) is 0.896. The smallest absolute Gasteiger partial charge is 0.251 e. The first-order valence-corrected chi connectivity index (χ1v) is 8.10. The fourth-order valence-corrected chi connectivity index (χ4v) is 2.86. The van der Waals surface area contributed by atoms with Crippen molar-refractivity contribution in [2.24, 2.45) is 0 Å². The molecular weight excluding hydrogens is 318 g/mol. The van der Waals surface area contributed by atoms with Gasteiger partial charge in [0, 0.05) is 5.69 Å². The van der Waals surface area contributed by atoms with E-state index in [2.05, 4.69) is 29.6 Å². The van der Waals surface area contributed by atoms with Crippen molar-refractivity contribution >= 4 is 23.3 Å². The molecule has 2 amide bonds. The maximum absolute atomic E-state index is 12.3. The maximum atomic E-state index is 12.3. The van der Waals surface area contributed by atoms with Gasteiger partial charge in [-0.15, -0.1) is 0 Å². The molecule has 2 heterocycles. The van der Waals surface area contributed by atoms with Gasteiger partial charge in [0.25, 0.3) is 5.91 Å². The predicted octanol–water partition coefficient (Wildman–Crippen LogP) is 2.71. The number of aromatic nitrogens is 2. The molecule has 0 fully saturated rings. The highest BCUT2D eigenvalue weighted by molar-refractivity contribution is 6.02. The van der Waals surface area contributed by atoms with Crippen molar-refractivity contribution in [3.8, 4) is 6.07 Å². The fourth-order valence-electron chi connectivity index (χ4n) is 2.86. The third-order valence-corrected chi connectivity index (χ3v) is 4.28. The molecule has 0 radical (unpaired) electrons. The second-order valence-electron chi connectivity index (χ2n) is 6.40. The first-order valence-electron chi connectivity index (χ1n) is 8.10. The molecule has 128 valence electrons. The molecule has 25 heavy (non-hydrogen) atoms. The molecule has 1 aliphatic rings. The predicted molar refractivity (Wildman–Crippen MR) is 93.1 cm³/mol. The molecule has 2 aromatic rings. The number of anilines is 2. The summed E-state index contributed by atoms with van der Waals surface area (Å²) < 4.78 is 1.43. The summed E-state index contributed by atoms with van der Waals surface area (Å²) in [5.74, 6) is 0.174. The number of hydrogen-bond acceptors (Lipinski definition) is 4. The molecule has 0 bridgehead atoms. The molecule has 0 spiro atoms. The van der Waals surface area contributed by atoms with Gasteiger partial charge < -0.3 is 10.6 Å². The van der Waals surface area contributed by atoms with E-state index in [0.29, 0.717) is 28.7 Å². The summed E-state index contributed by atoms with van der Waals surface area (Å²) in [6.45, 7) is 5.90. The number of amides is 2. The van der Waals surface area contributed by atoms with Crippen LogP contribution in [0.15, 0.2) is 24.3 Å². The topological polar surface area (TPSA) is 99.8 Å². The number of nitrogens with one attached hydrogen (secondary N) is 2. The number of carbonyl (C=O) groups excluding carboxylic acids is 2. The van der Waals surface area contributed by atoms with Crippen LogP contribution < -0.4 is 10.6 Å². The van der Waals surface area contributed by atoms with Crippen molar-refractivity contribution in [3.63, 3.8) is 0 Å². The minimum absolute atomic E-state index is 0.0449. The number of nitrogens with zero attached hydrogens (tertiary/aromatic N) is 3. The van der Waals surface area contributed by atoms with Crippen molar-refractivity contribution in [1.29, 1.82) is 5.26 Å². The zero-order valence-corrected chi connectivity index (χ0v) is 14.3. The Bertz CT molecular complexity index is 874. The number of aryl methyl sites for hydroxylation is 1. The van der Waals surface area contributed by atoms with Crippen LogP contribution in [-0.2, 0) is 9.59 Å². The highest BCUT2D eigenvalue weighted by atomic mass is 16.2. The van der Waals surface area contributed by atoms with Crippen LogP contribution in [0.1, 0.15) is 49.0 Å². The highest BCUT2D eigenvalue weighted by Gasteiger charge is 2.36. The maximum Gasteiger partial charge on any atom is 0.251 e. The monoisotopic (exact) mass is 337 g/mol. The molecule has 1 aromatic carbocycles. The number of benzene rings is 1. The van der Waals surface area contributed by atoms with E-state index >= 15 is 0 Å². The Kier molecular flexibility index (Phi) is 4.28. The van der Waals surface area contributed by atoms with E-state index in [4.69, 9.17) is 5.26 Å². The second kappa shape index (κ2) is 6.40. The molecule has 1 atom stereocenters. The van der Waals surface area contributed by atoms with Crippen molar-refractivity contribution in [3.05, 3.63) is 41.1 Å². The molecule has 0 aliphatic carbocycles. The second-order valence-corrected chi connectivity index (χ2v) is 6.40. The fraction of sp³-hybridized carbons (Fsp3) is 0.333. The number of nitriles is 1. The van der Waals surface area contributed by atoms with Gasteiger partial charge in [-0.3, -0.25) is 9.59 Å². The molecular formula is C18H19N5O2. The van der Waals surface area contributed by atoms with E-state index in [0.717, 1.165) is 0 Å². The molecule has 7 nitrogen and oxygen atoms in total. The number of fused-ring (bicyclic) bond motifs is 1. The lowest BCUT2D eigenvalue weighted by atomic mass is 10.0. The Morgan fingerprint density at radius 3 is 2.68 bits per heavy atom. The van der Waals surface area contributed by atoms with E-state index in [9.17, 15) is 9.59 Å². The zero-order valence-electron chi connectivity index (χ0n) is 14.3. The summed E-state index contributed by atoms with van der Waals surface area (Å²) in [6, 6.07) is 8.91. The van der Waals surface area contributed by atoms with Crippen LogP contribution in [0.5, 0.6) is 0 Å². The van der Waals surface area contributed by atoms with Crippen LogP contribution in [0.2, 0.25) is 0 Å². The van der Waals surface area contributed by atoms with Crippen molar-refractivity contribution in [2.45, 2.75) is 39.2 Å². The van der Waals surface area contributed by atoms with Crippen molar-refractivity contribution < 1.29 is 9.59 Å². The number of rotatable bonds is 4. The minimum Gasteiger partial charge on any atom is -0.326 e. The van der Waals surface area contributed by atoms with Crippen molar-refractivity contribution in [1.82, 2.24) is 9.78 Å². The molecule has 1 aromatic heterocycles. The molecule has 7 heteroatoms. The van der Waals surface area contributed by atoms with Crippen LogP contribution in [0, 0.1) is 18.3 Å². The molecule has 0 unspecified atom stereocenters. The molecule has 2 N–H and O–H groups in total. The normalized spacial score (nSPS) is 15.6. The average Bonchev–Trinajstić information content (AvgIpc) is 3.02. The SMILES string of the molecule is Cc1nn2c(c1C#N)NC(=O)[C@H]2CC(=O)Nc1ccc(C(C)C)cc1. The van der Waals surface area contributed by atoms with Gasteiger partial charge in [0.1, 0.15) is 23.5 Å². The highest BCUT2D eigenvalue weighted by Crippen LogP contribution is 2.31. The molecule has 1 aliphatic heterocycles. The third kappa shape index (κ3) is 3.11. The minimum atomic E-state index is -0.745. The lowest BCUT2D eigenvalue weighted by Gasteiger charge is -2.11. The van der Waals surface area contributed by atoms with Gasteiger partial charge >= 0.3 is 0 Å². The van der Waals surface area contributed by atoms with Crippen molar-refractivity contribution in [2.75, 3.05) is 10.6 Å². The van der Waals surface area contributed by atoms with Gasteiger partial charge in [-0.1, -0.05) is 26.0 Å². The summed E-state index contributed by atoms with van der Waals surface area (Å²) in [5, 5.41) is 18.8. The summed E-state index contributed by atoms with van der Waals surface area (Å²) in [6.07, 6.45) is -0.0449. The standard InChI is InChI=1S/C18H19N5O2/c1-10(2)12-4-6-13(7-5-12)20-16(24)8-15-18(25)21-17-14(9-19)11(3)22-23(15)17/h4-7,10,15H,8H2,1-3H3,(H,20,24)(H,21,25)/t15-/m1/s1. The molecule has 0 saturated carbocycles. The summed E-state index contributed by atoms with van der Waals surface area (Å²) in [7, 11) is 0. The van der Waals surface area contributed by atoms with Gasteiger partial charge in [0.05, 0.1) is 12.1 Å². The molecule has 3 rings (SSSR count). The van der Waals surface area contributed by atoms with Crippen LogP contribution in [-0.4, -0.2) is 21.6 Å². The number of hydrogen-bond donors (Lipinski definition) is 2. The number of carbonyl (C=O) groups is 2. The Hall–Kier alpha value is -3.14. The van der Waals surface area contributed by atoms with E-state index in [1.165, 1.54) is 10.2 Å². The zero-order chi connectivity index (χ0) is 18.1. The van der Waals surface area contributed by atoms with Gasteiger partial charge in [0.2, 0.25) is 5.91 Å². The van der Waals surface area contributed by atoms with Gasteiger partial charge in [-0.2, -0.15) is 10.4 Å². The lowest BCUT2D eigenvalue weighted by molar-refractivity contribution is -0.123. The Labute approximate surface area is 145 Å². The van der Waals surface area contributed by atoms with Gasteiger partial charge in [0.15, 0.2) is 0 Å². The van der Waals surface area contributed by atoms with Crippen LogP contribution >= 0.6 is 0 Å². The lowest BCUT2D eigenvalue weighted by Crippen LogP contribution is -2.23. The van der Waals surface area contributed by atoms with E-state index < -0.39 is 6.04 Å². The van der Waals surface area contributed by atoms with Gasteiger partial charge in [-0.25, -0.2) is 4.68 Å². The summed E-state index contributed by atoms with van der Waals surface area (Å²) in [5.41, 5.74) is 2.74. The average molecular weight is 337 g/mol. The Morgan fingerprint density at radius 1 is 1.40 bits per heavy atom. The van der Waals surface area contributed by atoms with Gasteiger partial charge in [-0.05, 0) is 30.5 Å².